The highest BCUT2D eigenvalue weighted by molar-refractivity contribution is 6.34. The van der Waals surface area contributed by atoms with Gasteiger partial charge in [0.25, 0.3) is 0 Å². The van der Waals surface area contributed by atoms with Crippen LogP contribution in [0.2, 0.25) is 0 Å². The van der Waals surface area contributed by atoms with Crippen molar-refractivity contribution in [3.05, 3.63) is 0 Å². The van der Waals surface area contributed by atoms with E-state index in [-0.39, 0.29) is 0 Å². The molecule has 0 rings (SSSR count). The van der Waals surface area contributed by atoms with E-state index in [4.69, 9.17) is 9.31 Å². The third-order valence-corrected chi connectivity index (χ3v) is 4.52. The maximum atomic E-state index is 9.44. The van der Waals surface area contributed by atoms with Crippen molar-refractivity contribution in [2.24, 2.45) is 0 Å². The van der Waals surface area contributed by atoms with Crippen LogP contribution in [-0.2, 0) is 9.31 Å². The van der Waals surface area contributed by atoms with Crippen LogP contribution in [0.3, 0.4) is 0 Å². The zero-order valence-corrected chi connectivity index (χ0v) is 16.6. The lowest BCUT2D eigenvalue weighted by Crippen LogP contribution is -2.23. The van der Waals surface area contributed by atoms with Gasteiger partial charge in [-0.3, -0.25) is 0 Å². The first-order valence-corrected chi connectivity index (χ1v) is 10.7. The Balaban J connectivity index is 3.05. The minimum Gasteiger partial charge on any atom is -0.402 e. The van der Waals surface area contributed by atoms with E-state index in [9.17, 15) is 5.02 Å². The molecular formula is C20H43BO3. The second kappa shape index (κ2) is 21.0. The molecule has 0 fully saturated rings. The highest BCUT2D eigenvalue weighted by Gasteiger charge is 2.13. The minimum absolute atomic E-state index is 0.580. The van der Waals surface area contributed by atoms with Crippen molar-refractivity contribution in [3.63, 3.8) is 0 Å². The monoisotopic (exact) mass is 342 g/mol. The predicted molar refractivity (Wildman–Crippen MR) is 105 cm³/mol. The van der Waals surface area contributed by atoms with E-state index < -0.39 is 7.32 Å². The first kappa shape index (κ1) is 23.9. The topological polar surface area (TPSA) is 38.7 Å². The Bertz CT molecular complexity index is 227. The first-order valence-electron chi connectivity index (χ1n) is 10.7. The van der Waals surface area contributed by atoms with Crippen molar-refractivity contribution in [3.8, 4) is 0 Å². The van der Waals surface area contributed by atoms with E-state index in [1.54, 1.807) is 0 Å². The minimum atomic E-state index is -1.03. The second-order valence-corrected chi connectivity index (χ2v) is 7.00. The van der Waals surface area contributed by atoms with Crippen LogP contribution >= 0.6 is 0 Å². The maximum absolute atomic E-state index is 9.44. The summed E-state index contributed by atoms with van der Waals surface area (Å²) in [5.41, 5.74) is 0. The molecule has 0 aliphatic heterocycles. The Morgan fingerprint density at radius 3 is 1.25 bits per heavy atom. The maximum Gasteiger partial charge on any atom is 0.636 e. The van der Waals surface area contributed by atoms with Crippen LogP contribution in [0.4, 0.5) is 0 Å². The fourth-order valence-corrected chi connectivity index (χ4v) is 2.86. The molecule has 0 unspecified atom stereocenters. The lowest BCUT2D eigenvalue weighted by atomic mass is 10.0. The average molecular weight is 342 g/mol. The molecule has 0 aliphatic carbocycles. The van der Waals surface area contributed by atoms with Gasteiger partial charge in [-0.05, 0) is 12.8 Å². The highest BCUT2D eigenvalue weighted by atomic mass is 16.7. The summed E-state index contributed by atoms with van der Waals surface area (Å²) < 4.78 is 10.4. The van der Waals surface area contributed by atoms with Crippen molar-refractivity contribution in [1.29, 1.82) is 0 Å². The number of hydrogen-bond acceptors (Lipinski definition) is 3. The summed E-state index contributed by atoms with van der Waals surface area (Å²) in [4.78, 5) is 0. The molecule has 24 heavy (non-hydrogen) atoms. The van der Waals surface area contributed by atoms with Gasteiger partial charge in [0.15, 0.2) is 0 Å². The summed E-state index contributed by atoms with van der Waals surface area (Å²) in [6.45, 7) is 5.56. The molecule has 0 aromatic carbocycles. The molecule has 0 heterocycles. The van der Waals surface area contributed by atoms with Crippen molar-refractivity contribution in [1.82, 2.24) is 0 Å². The Labute approximate surface area is 152 Å². The first-order chi connectivity index (χ1) is 11.8. The summed E-state index contributed by atoms with van der Waals surface area (Å²) in [5.74, 6) is 0. The Morgan fingerprint density at radius 2 is 0.833 bits per heavy atom. The quantitative estimate of drug-likeness (QED) is 0.209. The van der Waals surface area contributed by atoms with Crippen molar-refractivity contribution in [2.45, 2.75) is 117 Å². The third kappa shape index (κ3) is 20.0. The summed E-state index contributed by atoms with van der Waals surface area (Å²) >= 11 is 0. The third-order valence-electron chi connectivity index (χ3n) is 4.52. The number of unbranched alkanes of at least 4 members (excludes halogenated alkanes) is 14. The van der Waals surface area contributed by atoms with Crippen LogP contribution in [0.25, 0.3) is 0 Å². The van der Waals surface area contributed by atoms with Crippen LogP contribution in [0, 0.1) is 0 Å². The molecule has 0 aromatic rings. The largest absolute Gasteiger partial charge is 0.636 e. The lowest BCUT2D eigenvalue weighted by molar-refractivity contribution is 0.129. The van der Waals surface area contributed by atoms with Crippen molar-refractivity contribution >= 4 is 7.32 Å². The fraction of sp³-hybridized carbons (Fsp3) is 1.00. The van der Waals surface area contributed by atoms with Gasteiger partial charge < -0.3 is 14.3 Å². The van der Waals surface area contributed by atoms with Gasteiger partial charge in [0.2, 0.25) is 0 Å². The molecule has 0 amide bonds. The molecule has 0 spiro atoms. The van der Waals surface area contributed by atoms with Crippen LogP contribution in [0.1, 0.15) is 117 Å². The summed E-state index contributed by atoms with van der Waals surface area (Å²) in [7, 11) is -1.03. The van der Waals surface area contributed by atoms with Crippen molar-refractivity contribution in [2.75, 3.05) is 13.2 Å². The molecule has 0 saturated heterocycles. The number of hydrogen-bond donors (Lipinski definition) is 1. The molecule has 0 saturated carbocycles. The van der Waals surface area contributed by atoms with E-state index in [0.717, 1.165) is 19.3 Å². The van der Waals surface area contributed by atoms with Crippen LogP contribution in [0.15, 0.2) is 0 Å². The molecule has 0 atom stereocenters. The molecular weight excluding hydrogens is 299 g/mol. The summed E-state index contributed by atoms with van der Waals surface area (Å²) in [6, 6.07) is 0. The molecule has 0 aromatic heterocycles. The molecule has 0 aliphatic rings. The average Bonchev–Trinajstić information content (AvgIpc) is 2.58. The van der Waals surface area contributed by atoms with Crippen LogP contribution in [-0.4, -0.2) is 25.6 Å². The Hall–Kier alpha value is -0.0551. The van der Waals surface area contributed by atoms with E-state index in [1.165, 1.54) is 83.5 Å². The van der Waals surface area contributed by atoms with Gasteiger partial charge in [0.1, 0.15) is 0 Å². The molecule has 4 heteroatoms. The van der Waals surface area contributed by atoms with Crippen LogP contribution < -0.4 is 0 Å². The second-order valence-electron chi connectivity index (χ2n) is 7.00. The van der Waals surface area contributed by atoms with Crippen molar-refractivity contribution < 1.29 is 14.3 Å². The molecule has 144 valence electrons. The molecule has 0 bridgehead atoms. The van der Waals surface area contributed by atoms with Gasteiger partial charge in [-0.15, -0.1) is 0 Å². The van der Waals surface area contributed by atoms with E-state index in [0.29, 0.717) is 13.2 Å². The normalized spacial score (nSPS) is 11.1. The van der Waals surface area contributed by atoms with E-state index in [1.807, 2.05) is 0 Å². The predicted octanol–water partition coefficient (Wildman–Crippen LogP) is 6.28. The van der Waals surface area contributed by atoms with E-state index >= 15 is 0 Å². The zero-order valence-electron chi connectivity index (χ0n) is 16.6. The molecule has 0 radical (unpaired) electrons. The summed E-state index contributed by atoms with van der Waals surface area (Å²) in [6.07, 6.45) is 21.0. The molecule has 3 nitrogen and oxygen atoms in total. The van der Waals surface area contributed by atoms with Gasteiger partial charge in [-0.1, -0.05) is 104 Å². The highest BCUT2D eigenvalue weighted by Crippen LogP contribution is 2.12. The SMILES string of the molecule is CCCCCCCCCCCCCCCCOB(O)OCCCC. The van der Waals surface area contributed by atoms with E-state index in [2.05, 4.69) is 13.8 Å². The van der Waals surface area contributed by atoms with Gasteiger partial charge in [0, 0.05) is 13.2 Å². The Kier molecular flexibility index (Phi) is 20.9. The lowest BCUT2D eigenvalue weighted by Gasteiger charge is -2.08. The van der Waals surface area contributed by atoms with Gasteiger partial charge in [0.05, 0.1) is 0 Å². The van der Waals surface area contributed by atoms with Gasteiger partial charge in [-0.25, -0.2) is 0 Å². The number of rotatable bonds is 20. The standard InChI is InChI=1S/C20H43BO3/c1-3-5-7-8-9-10-11-12-13-14-15-16-17-18-20-24-21(22)23-19-6-4-2/h22H,3-20H2,1-2H3. The fourth-order valence-electron chi connectivity index (χ4n) is 2.86. The van der Waals surface area contributed by atoms with Crippen LogP contribution in [0.5, 0.6) is 0 Å². The Morgan fingerprint density at radius 1 is 0.500 bits per heavy atom. The zero-order chi connectivity index (χ0) is 17.7. The smallest absolute Gasteiger partial charge is 0.402 e. The van der Waals surface area contributed by atoms with Gasteiger partial charge >= 0.3 is 7.32 Å². The van der Waals surface area contributed by atoms with Gasteiger partial charge in [-0.2, -0.15) is 0 Å². The molecule has 1 N–H and O–H groups in total. The summed E-state index contributed by atoms with van der Waals surface area (Å²) in [5, 5.41) is 9.44.